The number of amides is 2. The summed E-state index contributed by atoms with van der Waals surface area (Å²) < 4.78 is 3.11. The number of hydrogen-bond acceptors (Lipinski definition) is 12. The summed E-state index contributed by atoms with van der Waals surface area (Å²) in [5.74, 6) is -3.22. The second-order valence-electron chi connectivity index (χ2n) is 5.96. The average Bonchev–Trinajstić information content (AvgIpc) is 2.84. The topological polar surface area (TPSA) is 131 Å². The van der Waals surface area contributed by atoms with Crippen LogP contribution in [0.25, 0.3) is 0 Å². The normalized spacial score (nSPS) is 10.6. The van der Waals surface area contributed by atoms with E-state index in [0.29, 0.717) is 24.6 Å². The average molecular weight is 707 g/mol. The van der Waals surface area contributed by atoms with E-state index in [1.807, 2.05) is 0 Å². The van der Waals surface area contributed by atoms with E-state index >= 15 is 0 Å². The molecule has 0 aromatic carbocycles. The van der Waals surface area contributed by atoms with Gasteiger partial charge in [-0.05, 0) is 12.8 Å². The van der Waals surface area contributed by atoms with Crippen LogP contribution in [0.4, 0.5) is 35.7 Å². The number of hydrogen-bond donors (Lipinski definition) is 0. The first-order valence-electron chi connectivity index (χ1n) is 8.78. The van der Waals surface area contributed by atoms with Crippen LogP contribution >= 0.6 is 118 Å². The van der Waals surface area contributed by atoms with Gasteiger partial charge in [0.05, 0.1) is 0 Å². The molecule has 0 unspecified atom stereocenters. The van der Waals surface area contributed by atoms with E-state index in [-0.39, 0.29) is 61.4 Å². The van der Waals surface area contributed by atoms with Crippen molar-refractivity contribution in [3.05, 3.63) is 0 Å². The van der Waals surface area contributed by atoms with Gasteiger partial charge in [-0.2, -0.15) is 54.5 Å². The van der Waals surface area contributed by atoms with Crippen molar-refractivity contribution in [2.45, 2.75) is 25.7 Å². The third kappa shape index (κ3) is 8.82. The lowest BCUT2D eigenvalue weighted by molar-refractivity contribution is -0.119. The standard InChI is InChI=1S/C12H8Cl10N12O2/c13-29(7-23-9(31(15)16)27-10(24-7)32(17)18)5(35)3-1-2-4-6(36)30(14)8-25-11(33(19)20)28-12(26-8)34(21)22/h1-4H2. The number of carbonyl (C=O) groups is 2. The van der Waals surface area contributed by atoms with Crippen molar-refractivity contribution >= 4 is 165 Å². The number of carbonyl (C=O) groups excluding carboxylic acids is 2. The van der Waals surface area contributed by atoms with Gasteiger partial charge in [0.2, 0.25) is 11.8 Å². The molecule has 0 atom stereocenters. The number of rotatable bonds is 11. The van der Waals surface area contributed by atoms with Crippen LogP contribution in [0.3, 0.4) is 0 Å². The van der Waals surface area contributed by atoms with Gasteiger partial charge in [-0.3, -0.25) is 9.59 Å². The summed E-state index contributed by atoms with van der Waals surface area (Å²) in [7, 11) is 0. The lowest BCUT2D eigenvalue weighted by Gasteiger charge is -2.16. The Hall–Kier alpha value is -0.940. The van der Waals surface area contributed by atoms with E-state index in [1.165, 1.54) is 0 Å². The zero-order valence-electron chi connectivity index (χ0n) is 16.8. The Morgan fingerprint density at radius 2 is 0.667 bits per heavy atom. The van der Waals surface area contributed by atoms with Gasteiger partial charge in [0.1, 0.15) is 0 Å². The van der Waals surface area contributed by atoms with Gasteiger partial charge in [0, 0.05) is 131 Å². The lowest BCUT2D eigenvalue weighted by atomic mass is 10.2. The highest BCUT2D eigenvalue weighted by Crippen LogP contribution is 2.26. The quantitative estimate of drug-likeness (QED) is 0.208. The highest BCUT2D eigenvalue weighted by Gasteiger charge is 2.24. The van der Waals surface area contributed by atoms with E-state index in [9.17, 15) is 9.59 Å². The van der Waals surface area contributed by atoms with E-state index < -0.39 is 11.8 Å². The predicted octanol–water partition coefficient (Wildman–Crippen LogP) is 5.75. The maximum atomic E-state index is 12.4. The van der Waals surface area contributed by atoms with Crippen molar-refractivity contribution in [3.8, 4) is 0 Å². The van der Waals surface area contributed by atoms with Crippen molar-refractivity contribution in [3.63, 3.8) is 0 Å². The van der Waals surface area contributed by atoms with Crippen molar-refractivity contribution in [2.24, 2.45) is 0 Å². The molecule has 0 fully saturated rings. The zero-order valence-corrected chi connectivity index (χ0v) is 24.4. The molecule has 14 nitrogen and oxygen atoms in total. The molecule has 0 saturated carbocycles. The van der Waals surface area contributed by atoms with Gasteiger partial charge in [-0.1, -0.05) is 0 Å². The fourth-order valence-corrected chi connectivity index (χ4v) is 3.06. The summed E-state index contributed by atoms with van der Waals surface area (Å²) in [6.07, 6.45) is 0.180. The van der Waals surface area contributed by atoms with Gasteiger partial charge in [0.15, 0.2) is 0 Å². The van der Waals surface area contributed by atoms with Crippen LogP contribution in [0.1, 0.15) is 25.7 Å². The lowest BCUT2D eigenvalue weighted by Crippen LogP contribution is -2.25. The molecule has 0 aliphatic rings. The molecular formula is C12H8Cl10N12O2. The molecule has 2 rings (SSSR count). The number of aromatic nitrogens is 6. The Morgan fingerprint density at radius 1 is 0.444 bits per heavy atom. The van der Waals surface area contributed by atoms with Gasteiger partial charge in [-0.15, -0.1) is 0 Å². The number of unbranched alkanes of at least 4 members (excludes halogenated alkanes) is 1. The van der Waals surface area contributed by atoms with Crippen LogP contribution in [-0.2, 0) is 9.59 Å². The van der Waals surface area contributed by atoms with E-state index in [4.69, 9.17) is 118 Å². The molecule has 2 heterocycles. The molecule has 24 heteroatoms. The van der Waals surface area contributed by atoms with Crippen molar-refractivity contribution in [2.75, 3.05) is 24.6 Å². The van der Waals surface area contributed by atoms with Crippen molar-refractivity contribution in [1.82, 2.24) is 29.9 Å². The molecule has 0 saturated heterocycles. The van der Waals surface area contributed by atoms with E-state index in [1.54, 1.807) is 0 Å². The molecule has 0 spiro atoms. The first-order valence-corrected chi connectivity index (χ1v) is 12.2. The summed E-state index contributed by atoms with van der Waals surface area (Å²) in [5, 5.41) is 0. The molecule has 198 valence electrons. The second-order valence-corrected chi connectivity index (χ2v) is 10.0. The number of anilines is 6. The minimum atomic E-state index is -0.637. The van der Waals surface area contributed by atoms with E-state index in [2.05, 4.69) is 29.9 Å². The van der Waals surface area contributed by atoms with Crippen LogP contribution in [0.5, 0.6) is 0 Å². The van der Waals surface area contributed by atoms with Crippen LogP contribution in [0.15, 0.2) is 0 Å². The highest BCUT2D eigenvalue weighted by atomic mass is 35.6. The van der Waals surface area contributed by atoms with Crippen LogP contribution in [0.2, 0.25) is 0 Å². The van der Waals surface area contributed by atoms with Gasteiger partial charge < -0.3 is 0 Å². The largest absolute Gasteiger partial charge is 0.273 e. The molecule has 0 bridgehead atoms. The minimum absolute atomic E-state index is 0.118. The van der Waals surface area contributed by atoms with Crippen molar-refractivity contribution < 1.29 is 9.59 Å². The maximum absolute atomic E-state index is 12.4. The zero-order chi connectivity index (χ0) is 27.2. The molecule has 2 aromatic heterocycles. The third-order valence-corrected chi connectivity index (χ3v) is 5.51. The summed E-state index contributed by atoms with van der Waals surface area (Å²) in [6, 6.07) is 0. The molecule has 36 heavy (non-hydrogen) atoms. The summed E-state index contributed by atoms with van der Waals surface area (Å²) in [6.45, 7) is 0. The molecule has 0 N–H and O–H groups in total. The van der Waals surface area contributed by atoms with Crippen LogP contribution in [0, 0.1) is 0 Å². The Morgan fingerprint density at radius 3 is 0.889 bits per heavy atom. The Kier molecular flexibility index (Phi) is 12.4. The smallest absolute Gasteiger partial charge is 0.262 e. The third-order valence-electron chi connectivity index (χ3n) is 3.63. The van der Waals surface area contributed by atoms with Gasteiger partial charge in [0.25, 0.3) is 35.7 Å². The van der Waals surface area contributed by atoms with Gasteiger partial charge in [-0.25, -0.2) is 0 Å². The Balaban J connectivity index is 1.97. The molecule has 0 radical (unpaired) electrons. The van der Waals surface area contributed by atoms with Crippen LogP contribution in [-0.4, -0.2) is 41.7 Å². The molecule has 0 aliphatic carbocycles. The minimum Gasteiger partial charge on any atom is -0.273 e. The molecule has 0 aliphatic heterocycles. The summed E-state index contributed by atoms with van der Waals surface area (Å²) in [4.78, 5) is 47.6. The Labute approximate surface area is 253 Å². The van der Waals surface area contributed by atoms with E-state index in [0.717, 1.165) is 0 Å². The SMILES string of the molecule is O=C(CCCCC(=O)N(Cl)c1nc(N(Cl)Cl)nc(N(Cl)Cl)n1)N(Cl)c1nc(N(Cl)Cl)nc(N(Cl)Cl)n1. The molecule has 2 amide bonds. The molecular weight excluding hydrogens is 699 g/mol. The fourth-order valence-electron chi connectivity index (χ4n) is 2.14. The predicted molar refractivity (Wildman–Crippen MR) is 142 cm³/mol. The first kappa shape index (κ1) is 31.3. The van der Waals surface area contributed by atoms with Crippen LogP contribution < -0.4 is 24.6 Å². The Bertz CT molecular complexity index is 943. The monoisotopic (exact) mass is 702 g/mol. The highest BCUT2D eigenvalue weighted by molar-refractivity contribution is 6.50. The maximum Gasteiger partial charge on any atom is 0.262 e. The van der Waals surface area contributed by atoms with Crippen molar-refractivity contribution in [1.29, 1.82) is 0 Å². The molecule has 2 aromatic rings. The fraction of sp³-hybridized carbons (Fsp3) is 0.333. The summed E-state index contributed by atoms with van der Waals surface area (Å²) >= 11 is 56.8. The van der Waals surface area contributed by atoms with Gasteiger partial charge >= 0.3 is 0 Å². The number of halogens is 10. The second kappa shape index (κ2) is 14.3. The first-order chi connectivity index (χ1) is 16.8. The number of nitrogens with zero attached hydrogens (tertiary/aromatic N) is 12. The summed E-state index contributed by atoms with van der Waals surface area (Å²) in [5.41, 5.74) is 0.